The van der Waals surface area contributed by atoms with Crippen molar-refractivity contribution in [3.63, 3.8) is 0 Å². The second kappa shape index (κ2) is 10.9. The van der Waals surface area contributed by atoms with E-state index in [1.807, 2.05) is 41.2 Å². The molecule has 5 aromatic rings. The molecule has 0 bridgehead atoms. The maximum Gasteiger partial charge on any atom is 0.203 e. The monoisotopic (exact) mass is 490 g/mol. The topological polar surface area (TPSA) is 55.7 Å². The van der Waals surface area contributed by atoms with E-state index in [4.69, 9.17) is 0 Å². The Morgan fingerprint density at radius 1 is 0.784 bits per heavy atom. The van der Waals surface area contributed by atoms with Gasteiger partial charge in [0.1, 0.15) is 0 Å². The number of benzene rings is 3. The Labute approximate surface area is 218 Å². The molecule has 5 heteroatoms. The van der Waals surface area contributed by atoms with Gasteiger partial charge in [-0.1, -0.05) is 71.8 Å². The zero-order valence-electron chi connectivity index (χ0n) is 21.6. The minimum Gasteiger partial charge on any atom is -0.347 e. The highest BCUT2D eigenvalue weighted by Gasteiger charge is 2.21. The molecule has 2 heterocycles. The van der Waals surface area contributed by atoms with Gasteiger partial charge in [0.05, 0.1) is 24.1 Å². The Morgan fingerprint density at radius 3 is 2.03 bits per heavy atom. The zero-order valence-corrected chi connectivity index (χ0v) is 21.6. The number of hydrogen-bond donors (Lipinski definition) is 1. The maximum absolute atomic E-state index is 12.9. The van der Waals surface area contributed by atoms with Gasteiger partial charge in [-0.15, -0.1) is 0 Å². The highest BCUT2D eigenvalue weighted by Crippen LogP contribution is 2.25. The molecule has 0 saturated heterocycles. The lowest BCUT2D eigenvalue weighted by Crippen LogP contribution is -2.29. The fourth-order valence-corrected chi connectivity index (χ4v) is 5.06. The molecule has 0 aliphatic carbocycles. The van der Waals surface area contributed by atoms with Crippen LogP contribution < -0.4 is 5.62 Å². The summed E-state index contributed by atoms with van der Waals surface area (Å²) in [7, 11) is 0. The van der Waals surface area contributed by atoms with Gasteiger partial charge in [-0.3, -0.25) is 10.2 Å². The van der Waals surface area contributed by atoms with E-state index in [1.165, 1.54) is 22.3 Å². The van der Waals surface area contributed by atoms with Crippen molar-refractivity contribution in [2.45, 2.75) is 52.2 Å². The van der Waals surface area contributed by atoms with Crippen LogP contribution in [0, 0.1) is 19.3 Å². The zero-order chi connectivity index (χ0) is 25.8. The third-order valence-electron chi connectivity index (χ3n) is 7.12. The number of Topliss-reactive ketones (excluding diaryl/α,β-unsaturated/α-hetero) is 1. The van der Waals surface area contributed by atoms with Crippen LogP contribution in [0.3, 0.4) is 0 Å². The van der Waals surface area contributed by atoms with E-state index in [2.05, 4.69) is 83.6 Å². The number of imidazole rings is 1. The summed E-state index contributed by atoms with van der Waals surface area (Å²) in [5, 5.41) is 9.28. The van der Waals surface area contributed by atoms with Crippen molar-refractivity contribution in [1.29, 1.82) is 5.41 Å². The number of ketones is 1. The molecular weight excluding hydrogens is 456 g/mol. The molecule has 5 nitrogen and oxygen atoms in total. The van der Waals surface area contributed by atoms with Crippen LogP contribution in [0.15, 0.2) is 97.3 Å². The van der Waals surface area contributed by atoms with E-state index >= 15 is 0 Å². The van der Waals surface area contributed by atoms with Crippen LogP contribution in [0.5, 0.6) is 0 Å². The van der Waals surface area contributed by atoms with E-state index in [0.29, 0.717) is 31.5 Å². The molecule has 0 radical (unpaired) electrons. The summed E-state index contributed by atoms with van der Waals surface area (Å²) in [5.74, 6) is 0.209. The number of rotatable bonds is 10. The van der Waals surface area contributed by atoms with Gasteiger partial charge in [0.25, 0.3) is 0 Å². The molecule has 0 amide bonds. The molecule has 3 aromatic carbocycles. The second-order valence-electron chi connectivity index (χ2n) is 10.0. The minimum absolute atomic E-state index is 0.00649. The fourth-order valence-electron chi connectivity index (χ4n) is 5.06. The summed E-state index contributed by atoms with van der Waals surface area (Å²) in [5.41, 5.74) is 7.39. The highest BCUT2D eigenvalue weighted by atomic mass is 16.1. The molecule has 0 saturated carbocycles. The van der Waals surface area contributed by atoms with Crippen molar-refractivity contribution >= 4 is 16.8 Å². The Bertz CT molecular complexity index is 1540. The molecule has 5 rings (SSSR count). The lowest BCUT2D eigenvalue weighted by Gasteiger charge is -2.20. The predicted molar refractivity (Wildman–Crippen MR) is 149 cm³/mol. The van der Waals surface area contributed by atoms with Gasteiger partial charge in [0.15, 0.2) is 5.78 Å². The molecule has 1 atom stereocenters. The first kappa shape index (κ1) is 24.6. The third kappa shape index (κ3) is 5.67. The van der Waals surface area contributed by atoms with Crippen LogP contribution in [0.2, 0.25) is 0 Å². The highest BCUT2D eigenvalue weighted by molar-refractivity contribution is 5.78. The van der Waals surface area contributed by atoms with Gasteiger partial charge in [-0.2, -0.15) is 0 Å². The first-order valence-electron chi connectivity index (χ1n) is 13.0. The molecule has 188 valence electrons. The molecule has 0 aliphatic heterocycles. The average molecular weight is 491 g/mol. The molecule has 1 N–H and O–H groups in total. The van der Waals surface area contributed by atoms with Crippen molar-refractivity contribution < 1.29 is 4.79 Å². The number of carbonyl (C=O) groups is 1. The van der Waals surface area contributed by atoms with Crippen LogP contribution in [0.25, 0.3) is 11.0 Å². The van der Waals surface area contributed by atoms with Crippen molar-refractivity contribution in [1.82, 2.24) is 13.7 Å². The molecule has 37 heavy (non-hydrogen) atoms. The lowest BCUT2D eigenvalue weighted by atomic mass is 9.99. The van der Waals surface area contributed by atoms with Crippen LogP contribution in [-0.2, 0) is 24.3 Å². The van der Waals surface area contributed by atoms with Gasteiger partial charge >= 0.3 is 0 Å². The summed E-state index contributed by atoms with van der Waals surface area (Å²) in [4.78, 5) is 12.9. The molecule has 0 fully saturated rings. The standard InChI is InChI=1S/C32H34N4O/c1-24-9-13-26(14-10-24)21-28(17-18-29(37)23-34-19-5-6-20-34)36-31-8-4-3-7-30(31)35(32(36)33)22-27-15-11-25(2)12-16-27/h3-16,19-20,28,33H,17-18,21-23H2,1-2H3/t28-/m1/s1. The Morgan fingerprint density at radius 2 is 1.38 bits per heavy atom. The van der Waals surface area contributed by atoms with E-state index in [1.54, 1.807) is 0 Å². The Kier molecular flexibility index (Phi) is 7.22. The van der Waals surface area contributed by atoms with E-state index in [9.17, 15) is 10.2 Å². The molecule has 0 aliphatic rings. The normalized spacial score (nSPS) is 12.2. The average Bonchev–Trinajstić information content (AvgIpc) is 3.50. The van der Waals surface area contributed by atoms with Crippen LogP contribution >= 0.6 is 0 Å². The van der Waals surface area contributed by atoms with Crippen molar-refractivity contribution in [3.05, 3.63) is 125 Å². The fraction of sp³-hybridized carbons (Fsp3) is 0.250. The van der Waals surface area contributed by atoms with Crippen LogP contribution in [-0.4, -0.2) is 19.5 Å². The Balaban J connectivity index is 1.50. The van der Waals surface area contributed by atoms with Gasteiger partial charge in [0, 0.05) is 24.9 Å². The van der Waals surface area contributed by atoms with Gasteiger partial charge in [-0.05, 0) is 62.1 Å². The molecule has 0 spiro atoms. The first-order valence-corrected chi connectivity index (χ1v) is 13.0. The Hall–Kier alpha value is -4.12. The van der Waals surface area contributed by atoms with Crippen molar-refractivity contribution in [3.8, 4) is 0 Å². The van der Waals surface area contributed by atoms with E-state index in [0.717, 1.165) is 17.5 Å². The number of fused-ring (bicyclic) bond motifs is 1. The number of para-hydroxylation sites is 2. The van der Waals surface area contributed by atoms with Crippen molar-refractivity contribution in [2.24, 2.45) is 0 Å². The smallest absolute Gasteiger partial charge is 0.203 e. The second-order valence-corrected chi connectivity index (χ2v) is 10.0. The largest absolute Gasteiger partial charge is 0.347 e. The lowest BCUT2D eigenvalue weighted by molar-refractivity contribution is -0.119. The predicted octanol–water partition coefficient (Wildman–Crippen LogP) is 6.22. The van der Waals surface area contributed by atoms with Gasteiger partial charge in [0.2, 0.25) is 5.62 Å². The summed E-state index contributed by atoms with van der Waals surface area (Å²) in [6.07, 6.45) is 5.78. The van der Waals surface area contributed by atoms with Crippen LogP contribution in [0.4, 0.5) is 0 Å². The van der Waals surface area contributed by atoms with E-state index in [-0.39, 0.29) is 11.8 Å². The summed E-state index contributed by atoms with van der Waals surface area (Å²) < 4.78 is 6.16. The van der Waals surface area contributed by atoms with Crippen LogP contribution in [0.1, 0.15) is 41.1 Å². The maximum atomic E-state index is 12.9. The SMILES string of the molecule is Cc1ccc(C[C@@H](CCC(=O)Cn2cccc2)n2c(=N)n(Cc3ccc(C)cc3)c3ccccc32)cc1. The molecule has 0 unspecified atom stereocenters. The number of hydrogen-bond acceptors (Lipinski definition) is 2. The summed E-state index contributed by atoms with van der Waals surface area (Å²) in [6, 6.07) is 29.3. The van der Waals surface area contributed by atoms with Crippen molar-refractivity contribution in [2.75, 3.05) is 0 Å². The molecule has 2 aromatic heterocycles. The minimum atomic E-state index is -0.00649. The third-order valence-corrected chi connectivity index (χ3v) is 7.12. The van der Waals surface area contributed by atoms with E-state index < -0.39 is 0 Å². The quantitative estimate of drug-likeness (QED) is 0.248. The number of aryl methyl sites for hydroxylation is 2. The summed E-state index contributed by atoms with van der Waals surface area (Å²) >= 11 is 0. The number of nitrogens with one attached hydrogen (secondary N) is 1. The number of nitrogens with zero attached hydrogens (tertiary/aromatic N) is 3. The van der Waals surface area contributed by atoms with Gasteiger partial charge in [-0.25, -0.2) is 0 Å². The molecular formula is C32H34N4O. The first-order chi connectivity index (χ1) is 18.0. The summed E-state index contributed by atoms with van der Waals surface area (Å²) in [6.45, 7) is 5.21. The van der Waals surface area contributed by atoms with Gasteiger partial charge < -0.3 is 13.7 Å². The number of carbonyl (C=O) groups excluding carboxylic acids is 1. The number of aromatic nitrogens is 3.